The molecule has 1 N–H and O–H groups in total. The molecule has 2 heteroatoms. The first-order valence-electron chi connectivity index (χ1n) is 3.65. The SMILES string of the molecule is C.Oc1ccc2ccccc2c1Br. The molecule has 68 valence electrons. The fourth-order valence-electron chi connectivity index (χ4n) is 1.22. The second kappa shape index (κ2) is 3.79. The zero-order chi connectivity index (χ0) is 8.55. The maximum Gasteiger partial charge on any atom is 0.130 e. The van der Waals surface area contributed by atoms with Gasteiger partial charge in [0.05, 0.1) is 4.47 Å². The lowest BCUT2D eigenvalue weighted by molar-refractivity contribution is 0.473. The summed E-state index contributed by atoms with van der Waals surface area (Å²) in [5.74, 6) is 0.286. The zero-order valence-corrected chi connectivity index (χ0v) is 7.88. The lowest BCUT2D eigenvalue weighted by Gasteiger charge is -2.01. The van der Waals surface area contributed by atoms with Gasteiger partial charge in [-0.05, 0) is 32.8 Å². The Hall–Kier alpha value is -1.02. The lowest BCUT2D eigenvalue weighted by atomic mass is 10.1. The van der Waals surface area contributed by atoms with Crippen molar-refractivity contribution in [2.75, 3.05) is 0 Å². The molecule has 0 spiro atoms. The standard InChI is InChI=1S/C10H7BrO.CH4/c11-10-8-4-2-1-3-7(8)5-6-9(10)12;/h1-6,12H;1H4. The van der Waals surface area contributed by atoms with Crippen LogP contribution in [0, 0.1) is 0 Å². The van der Waals surface area contributed by atoms with E-state index in [0.29, 0.717) is 0 Å². The Bertz CT molecular complexity index is 423. The van der Waals surface area contributed by atoms with Gasteiger partial charge in [-0.1, -0.05) is 37.8 Å². The molecule has 0 bridgehead atoms. The summed E-state index contributed by atoms with van der Waals surface area (Å²) in [5.41, 5.74) is 0. The molecule has 0 amide bonds. The first kappa shape index (κ1) is 10.1. The average Bonchev–Trinajstić information content (AvgIpc) is 2.12. The highest BCUT2D eigenvalue weighted by Gasteiger charge is 2.01. The van der Waals surface area contributed by atoms with Crippen LogP contribution in [0.4, 0.5) is 0 Å². The highest BCUT2D eigenvalue weighted by molar-refractivity contribution is 9.10. The van der Waals surface area contributed by atoms with Gasteiger partial charge in [0.15, 0.2) is 0 Å². The Balaban J connectivity index is 0.000000845. The summed E-state index contributed by atoms with van der Waals surface area (Å²) in [6, 6.07) is 11.5. The number of aromatic hydroxyl groups is 1. The van der Waals surface area contributed by atoms with Crippen LogP contribution in [0.1, 0.15) is 7.43 Å². The summed E-state index contributed by atoms with van der Waals surface area (Å²) in [6.45, 7) is 0. The van der Waals surface area contributed by atoms with Gasteiger partial charge < -0.3 is 5.11 Å². The number of hydrogen-bond donors (Lipinski definition) is 1. The highest BCUT2D eigenvalue weighted by Crippen LogP contribution is 2.31. The predicted molar refractivity (Wildman–Crippen MR) is 60.0 cm³/mol. The molecule has 2 aromatic rings. The Morgan fingerprint density at radius 2 is 1.69 bits per heavy atom. The van der Waals surface area contributed by atoms with E-state index in [1.165, 1.54) is 0 Å². The molecule has 0 heterocycles. The van der Waals surface area contributed by atoms with Crippen molar-refractivity contribution >= 4 is 26.7 Å². The lowest BCUT2D eigenvalue weighted by Crippen LogP contribution is -1.74. The zero-order valence-electron chi connectivity index (χ0n) is 6.29. The van der Waals surface area contributed by atoms with Crippen LogP contribution in [0.5, 0.6) is 5.75 Å². The van der Waals surface area contributed by atoms with Crippen LogP contribution in [0.2, 0.25) is 0 Å². The van der Waals surface area contributed by atoms with Gasteiger partial charge in [0.25, 0.3) is 0 Å². The monoisotopic (exact) mass is 238 g/mol. The molecular weight excluding hydrogens is 228 g/mol. The summed E-state index contributed by atoms with van der Waals surface area (Å²) in [7, 11) is 0. The summed E-state index contributed by atoms with van der Waals surface area (Å²) in [4.78, 5) is 0. The molecule has 0 radical (unpaired) electrons. The van der Waals surface area contributed by atoms with Crippen molar-refractivity contribution in [3.63, 3.8) is 0 Å². The third-order valence-electron chi connectivity index (χ3n) is 1.84. The largest absolute Gasteiger partial charge is 0.507 e. The van der Waals surface area contributed by atoms with Crippen LogP contribution in [0.15, 0.2) is 40.9 Å². The first-order chi connectivity index (χ1) is 5.79. The van der Waals surface area contributed by atoms with E-state index in [9.17, 15) is 5.11 Å². The minimum atomic E-state index is 0. The van der Waals surface area contributed by atoms with Gasteiger partial charge in [-0.25, -0.2) is 0 Å². The number of hydrogen-bond acceptors (Lipinski definition) is 1. The van der Waals surface area contributed by atoms with E-state index < -0.39 is 0 Å². The molecule has 0 aromatic heterocycles. The van der Waals surface area contributed by atoms with Gasteiger partial charge in [0, 0.05) is 0 Å². The van der Waals surface area contributed by atoms with Gasteiger partial charge >= 0.3 is 0 Å². The molecule has 0 aliphatic heterocycles. The summed E-state index contributed by atoms with van der Waals surface area (Å²) in [6.07, 6.45) is 0. The van der Waals surface area contributed by atoms with Crippen molar-refractivity contribution in [1.82, 2.24) is 0 Å². The molecule has 0 saturated heterocycles. The minimum absolute atomic E-state index is 0. The second-order valence-corrected chi connectivity index (χ2v) is 3.41. The van der Waals surface area contributed by atoms with E-state index in [1.807, 2.05) is 30.3 Å². The third kappa shape index (κ3) is 1.68. The van der Waals surface area contributed by atoms with Gasteiger partial charge in [-0.3, -0.25) is 0 Å². The van der Waals surface area contributed by atoms with E-state index in [4.69, 9.17) is 0 Å². The molecule has 0 saturated carbocycles. The van der Waals surface area contributed by atoms with E-state index in [-0.39, 0.29) is 13.2 Å². The molecule has 0 aliphatic carbocycles. The van der Waals surface area contributed by atoms with Crippen LogP contribution in [-0.4, -0.2) is 5.11 Å². The van der Waals surface area contributed by atoms with Crippen molar-refractivity contribution in [3.05, 3.63) is 40.9 Å². The van der Waals surface area contributed by atoms with Gasteiger partial charge in [-0.15, -0.1) is 0 Å². The van der Waals surface area contributed by atoms with E-state index in [0.717, 1.165) is 15.2 Å². The second-order valence-electron chi connectivity index (χ2n) is 2.62. The molecule has 13 heavy (non-hydrogen) atoms. The molecule has 2 aromatic carbocycles. The van der Waals surface area contributed by atoms with Gasteiger partial charge in [0.1, 0.15) is 5.75 Å². The van der Waals surface area contributed by atoms with Crippen LogP contribution in [-0.2, 0) is 0 Å². The Morgan fingerprint density at radius 3 is 2.46 bits per heavy atom. The molecular formula is C11H11BrO. The maximum absolute atomic E-state index is 9.37. The van der Waals surface area contributed by atoms with Crippen molar-refractivity contribution in [1.29, 1.82) is 0 Å². The molecule has 0 aliphatic rings. The first-order valence-corrected chi connectivity index (χ1v) is 4.44. The van der Waals surface area contributed by atoms with E-state index >= 15 is 0 Å². The summed E-state index contributed by atoms with van der Waals surface area (Å²) >= 11 is 3.33. The number of phenols is 1. The van der Waals surface area contributed by atoms with Gasteiger partial charge in [0.2, 0.25) is 0 Å². The molecule has 1 nitrogen and oxygen atoms in total. The highest BCUT2D eigenvalue weighted by atomic mass is 79.9. The maximum atomic E-state index is 9.37. The normalized spacial score (nSPS) is 9.62. The van der Waals surface area contributed by atoms with Crippen LogP contribution in [0.3, 0.4) is 0 Å². The Kier molecular flexibility index (Phi) is 2.94. The number of benzene rings is 2. The van der Waals surface area contributed by atoms with E-state index in [2.05, 4.69) is 15.9 Å². The minimum Gasteiger partial charge on any atom is -0.507 e. The smallest absolute Gasteiger partial charge is 0.130 e. The topological polar surface area (TPSA) is 20.2 Å². The Morgan fingerprint density at radius 1 is 1.00 bits per heavy atom. The number of rotatable bonds is 0. The molecule has 0 fully saturated rings. The Labute approximate surface area is 86.1 Å². The molecule has 0 atom stereocenters. The van der Waals surface area contributed by atoms with Crippen molar-refractivity contribution in [2.24, 2.45) is 0 Å². The molecule has 2 rings (SSSR count). The predicted octanol–water partition coefficient (Wildman–Crippen LogP) is 3.94. The fourth-order valence-corrected chi connectivity index (χ4v) is 1.72. The van der Waals surface area contributed by atoms with Gasteiger partial charge in [-0.2, -0.15) is 0 Å². The van der Waals surface area contributed by atoms with E-state index in [1.54, 1.807) is 6.07 Å². The molecule has 0 unspecified atom stereocenters. The summed E-state index contributed by atoms with van der Waals surface area (Å²) in [5, 5.41) is 11.5. The van der Waals surface area contributed by atoms with Crippen LogP contribution >= 0.6 is 15.9 Å². The van der Waals surface area contributed by atoms with Crippen molar-refractivity contribution in [3.8, 4) is 5.75 Å². The number of phenolic OH excluding ortho intramolecular Hbond substituents is 1. The van der Waals surface area contributed by atoms with Crippen molar-refractivity contribution < 1.29 is 5.11 Å². The average molecular weight is 239 g/mol. The summed E-state index contributed by atoms with van der Waals surface area (Å²) < 4.78 is 0.764. The number of halogens is 1. The fraction of sp³-hybridized carbons (Fsp3) is 0.0909. The van der Waals surface area contributed by atoms with Crippen LogP contribution < -0.4 is 0 Å². The number of fused-ring (bicyclic) bond motifs is 1. The van der Waals surface area contributed by atoms with Crippen LogP contribution in [0.25, 0.3) is 10.8 Å². The third-order valence-corrected chi connectivity index (χ3v) is 2.68. The van der Waals surface area contributed by atoms with Crippen molar-refractivity contribution in [2.45, 2.75) is 7.43 Å². The quantitative estimate of drug-likeness (QED) is 0.738.